The standard InChI is InChI=1S/C32H38O9/c1-16(2)17-6-5-9-30(13-17)23-22(34)24(35)29(4)19(31(23)15-38-21(33)12-20(31)40-30)7-10-28(3)25(18-8-11-37-14-18)39-27(36)26-32(28,29)41-26/h5-6,8,11,14,16-17,19-20,23-26,35H,7,9-10,12-13,15H2,1-4H3. The van der Waals surface area contributed by atoms with Gasteiger partial charge in [-0.3, -0.25) is 9.59 Å². The molecule has 7 aliphatic rings. The summed E-state index contributed by atoms with van der Waals surface area (Å²) < 4.78 is 30.6. The number of fused-ring (bicyclic) bond motifs is 2. The van der Waals surface area contributed by atoms with Crippen LogP contribution in [0.5, 0.6) is 0 Å². The van der Waals surface area contributed by atoms with Gasteiger partial charge in [0.2, 0.25) is 0 Å². The highest BCUT2D eigenvalue weighted by atomic mass is 16.7. The Morgan fingerprint density at radius 2 is 1.90 bits per heavy atom. The predicted molar refractivity (Wildman–Crippen MR) is 141 cm³/mol. The second-order valence-corrected chi connectivity index (χ2v) is 14.5. The maximum Gasteiger partial charge on any atom is 0.339 e. The first kappa shape index (κ1) is 26.2. The summed E-state index contributed by atoms with van der Waals surface area (Å²) in [6, 6.07) is 1.79. The topological polar surface area (TPSA) is 125 Å². The number of aliphatic hydroxyl groups excluding tert-OH is 1. The van der Waals surface area contributed by atoms with Gasteiger partial charge in [0.25, 0.3) is 0 Å². The van der Waals surface area contributed by atoms with E-state index < -0.39 is 63.8 Å². The Balaban J connectivity index is 1.30. The van der Waals surface area contributed by atoms with Crippen molar-refractivity contribution < 1.29 is 42.9 Å². The first-order chi connectivity index (χ1) is 19.5. The summed E-state index contributed by atoms with van der Waals surface area (Å²) in [6.07, 6.45) is 6.54. The summed E-state index contributed by atoms with van der Waals surface area (Å²) in [7, 11) is 0. The van der Waals surface area contributed by atoms with Gasteiger partial charge in [0.05, 0.1) is 36.6 Å². The smallest absolute Gasteiger partial charge is 0.339 e. The molecule has 6 fully saturated rings. The summed E-state index contributed by atoms with van der Waals surface area (Å²) in [5.74, 6) is -1.46. The van der Waals surface area contributed by atoms with E-state index in [0.717, 1.165) is 5.56 Å². The number of Topliss-reactive ketones (excluding diaryl/α,β-unsaturated/α-hetero) is 1. The number of carbonyl (C=O) groups excluding carboxylic acids is 3. The molecule has 0 aromatic carbocycles. The Morgan fingerprint density at radius 1 is 1.10 bits per heavy atom. The van der Waals surface area contributed by atoms with Crippen LogP contribution in [0.2, 0.25) is 0 Å². The number of allylic oxidation sites excluding steroid dienone is 1. The summed E-state index contributed by atoms with van der Waals surface area (Å²) in [4.78, 5) is 40.9. The molecule has 12 unspecified atom stereocenters. The average molecular weight is 567 g/mol. The third-order valence-electron chi connectivity index (χ3n) is 12.7. The number of hydrogen-bond donors (Lipinski definition) is 1. The third-order valence-corrected chi connectivity index (χ3v) is 12.7. The van der Waals surface area contributed by atoms with Crippen molar-refractivity contribution in [2.75, 3.05) is 6.61 Å². The lowest BCUT2D eigenvalue weighted by Crippen LogP contribution is -2.76. The van der Waals surface area contributed by atoms with E-state index in [4.69, 9.17) is 23.4 Å². The molecule has 8 rings (SSSR count). The van der Waals surface area contributed by atoms with Crippen LogP contribution in [0.3, 0.4) is 0 Å². The van der Waals surface area contributed by atoms with Crippen molar-refractivity contribution in [1.82, 2.24) is 0 Å². The Labute approximate surface area is 238 Å². The zero-order valence-electron chi connectivity index (χ0n) is 24.0. The summed E-state index contributed by atoms with van der Waals surface area (Å²) in [6.45, 7) is 8.35. The number of cyclic esters (lactones) is 2. The first-order valence-corrected chi connectivity index (χ1v) is 15.1. The molecule has 12 atom stereocenters. The quantitative estimate of drug-likeness (QED) is 0.324. The second-order valence-electron chi connectivity index (χ2n) is 14.5. The number of aliphatic hydroxyl groups is 1. The molecule has 1 N–H and O–H groups in total. The molecule has 1 aromatic rings. The van der Waals surface area contributed by atoms with Crippen LogP contribution in [0, 0.1) is 39.9 Å². The number of ketones is 1. The van der Waals surface area contributed by atoms with E-state index in [-0.39, 0.29) is 36.6 Å². The van der Waals surface area contributed by atoms with E-state index in [1.807, 2.05) is 13.8 Å². The molecular weight excluding hydrogens is 528 g/mol. The second kappa shape index (κ2) is 7.91. The van der Waals surface area contributed by atoms with Gasteiger partial charge in [-0.05, 0) is 49.5 Å². The lowest BCUT2D eigenvalue weighted by atomic mass is 9.36. The maximum atomic E-state index is 14.8. The molecule has 9 heteroatoms. The molecule has 3 aliphatic carbocycles. The van der Waals surface area contributed by atoms with Gasteiger partial charge in [-0.2, -0.15) is 0 Å². The van der Waals surface area contributed by atoms with Crippen molar-refractivity contribution in [1.29, 1.82) is 0 Å². The van der Waals surface area contributed by atoms with Crippen LogP contribution in [0.15, 0.2) is 35.2 Å². The molecule has 0 bridgehead atoms. The van der Waals surface area contributed by atoms with Gasteiger partial charge >= 0.3 is 11.9 Å². The van der Waals surface area contributed by atoms with Gasteiger partial charge in [0.1, 0.15) is 24.4 Å². The number of carbonyl (C=O) groups is 3. The van der Waals surface area contributed by atoms with Gasteiger partial charge in [-0.15, -0.1) is 0 Å². The van der Waals surface area contributed by atoms with E-state index >= 15 is 0 Å². The van der Waals surface area contributed by atoms with Gasteiger partial charge in [-0.1, -0.05) is 39.8 Å². The molecule has 5 heterocycles. The van der Waals surface area contributed by atoms with Crippen molar-refractivity contribution >= 4 is 17.7 Å². The van der Waals surface area contributed by atoms with Crippen LogP contribution in [0.1, 0.15) is 71.5 Å². The van der Waals surface area contributed by atoms with E-state index in [9.17, 15) is 19.5 Å². The summed E-state index contributed by atoms with van der Waals surface area (Å²) >= 11 is 0. The van der Waals surface area contributed by atoms with Crippen molar-refractivity contribution in [3.8, 4) is 0 Å². The number of esters is 2. The molecule has 4 saturated heterocycles. The normalized spacial score (nSPS) is 53.1. The fourth-order valence-electron chi connectivity index (χ4n) is 11.0. The lowest BCUT2D eigenvalue weighted by molar-refractivity contribution is -0.252. The van der Waals surface area contributed by atoms with Crippen molar-refractivity contribution in [3.05, 3.63) is 36.3 Å². The van der Waals surface area contributed by atoms with Crippen LogP contribution in [-0.2, 0) is 33.3 Å². The minimum absolute atomic E-state index is 0.0603. The fourth-order valence-corrected chi connectivity index (χ4v) is 11.0. The van der Waals surface area contributed by atoms with Gasteiger partial charge in [0.15, 0.2) is 11.9 Å². The fraction of sp³-hybridized carbons (Fsp3) is 0.719. The highest BCUT2D eigenvalue weighted by molar-refractivity contribution is 5.92. The minimum Gasteiger partial charge on any atom is -0.472 e. The lowest BCUT2D eigenvalue weighted by Gasteiger charge is -2.66. The number of epoxide rings is 1. The van der Waals surface area contributed by atoms with E-state index in [1.54, 1.807) is 18.6 Å². The molecule has 41 heavy (non-hydrogen) atoms. The van der Waals surface area contributed by atoms with E-state index in [2.05, 4.69) is 26.0 Å². The predicted octanol–water partition coefficient (Wildman–Crippen LogP) is 3.69. The minimum atomic E-state index is -1.39. The van der Waals surface area contributed by atoms with Gasteiger partial charge in [-0.25, -0.2) is 4.79 Å². The molecule has 3 spiro atoms. The largest absolute Gasteiger partial charge is 0.472 e. The molecule has 9 nitrogen and oxygen atoms in total. The Morgan fingerprint density at radius 3 is 2.63 bits per heavy atom. The molecule has 2 saturated carbocycles. The van der Waals surface area contributed by atoms with Gasteiger partial charge in [0, 0.05) is 21.8 Å². The van der Waals surface area contributed by atoms with Crippen LogP contribution < -0.4 is 0 Å². The van der Waals surface area contributed by atoms with E-state index in [0.29, 0.717) is 31.6 Å². The van der Waals surface area contributed by atoms with Crippen LogP contribution in [0.25, 0.3) is 0 Å². The Hall–Kier alpha value is -2.49. The summed E-state index contributed by atoms with van der Waals surface area (Å²) in [5, 5.41) is 12.3. The number of hydrogen-bond acceptors (Lipinski definition) is 9. The number of furan rings is 1. The third kappa shape index (κ3) is 2.78. The average Bonchev–Trinajstić information content (AvgIpc) is 3.39. The van der Waals surface area contributed by atoms with E-state index in [1.165, 1.54) is 0 Å². The Bertz CT molecular complexity index is 1370. The molecule has 1 aromatic heterocycles. The van der Waals surface area contributed by atoms with Crippen LogP contribution in [0.4, 0.5) is 0 Å². The highest BCUT2D eigenvalue weighted by Crippen LogP contribution is 2.80. The van der Waals surface area contributed by atoms with Crippen molar-refractivity contribution in [2.24, 2.45) is 39.9 Å². The molecule has 220 valence electrons. The Kier molecular flexibility index (Phi) is 5.05. The van der Waals surface area contributed by atoms with Crippen molar-refractivity contribution in [2.45, 2.75) is 95.4 Å². The number of ether oxygens (including phenoxy) is 4. The monoisotopic (exact) mass is 566 g/mol. The zero-order valence-corrected chi connectivity index (χ0v) is 24.0. The summed E-state index contributed by atoms with van der Waals surface area (Å²) in [5.41, 5.74) is -3.92. The van der Waals surface area contributed by atoms with Crippen molar-refractivity contribution in [3.63, 3.8) is 0 Å². The molecule has 0 amide bonds. The van der Waals surface area contributed by atoms with Crippen LogP contribution >= 0.6 is 0 Å². The highest BCUT2D eigenvalue weighted by Gasteiger charge is 2.91. The molecule has 0 radical (unpaired) electrons. The SMILES string of the molecule is CC(C)C1C=CCC2(C1)OC1CC(=O)OCC13C2C(=O)C(O)C1(C)C3CCC2(C)C(c3ccoc3)OC(=O)C3OC321. The maximum absolute atomic E-state index is 14.8. The molecular formula is C32H38O9. The number of rotatable bonds is 2. The van der Waals surface area contributed by atoms with Crippen LogP contribution in [-0.4, -0.2) is 58.9 Å². The molecule has 4 aliphatic heterocycles. The zero-order chi connectivity index (χ0) is 28.7. The van der Waals surface area contributed by atoms with Gasteiger partial charge < -0.3 is 28.5 Å². The first-order valence-electron chi connectivity index (χ1n) is 15.1.